The molecule has 1 aliphatic carbocycles. The molecule has 12 heavy (non-hydrogen) atoms. The first-order valence-corrected chi connectivity index (χ1v) is 4.13. The Bertz CT molecular complexity index is 271. The van der Waals surface area contributed by atoms with Crippen molar-refractivity contribution >= 4 is 7.69 Å². The summed E-state index contributed by atoms with van der Waals surface area (Å²) in [4.78, 5) is 0. The first kappa shape index (κ1) is 7.68. The molecule has 0 spiro atoms. The topological polar surface area (TPSA) is 29.5 Å². The molecule has 2 nitrogen and oxygen atoms in total. The Morgan fingerprint density at radius 1 is 1.33 bits per heavy atom. The van der Waals surface area contributed by atoms with E-state index in [0.29, 0.717) is 5.92 Å². The van der Waals surface area contributed by atoms with Crippen molar-refractivity contribution in [1.82, 2.24) is 0 Å². The van der Waals surface area contributed by atoms with E-state index in [0.717, 1.165) is 13.4 Å². The van der Waals surface area contributed by atoms with Gasteiger partial charge in [0.25, 0.3) is 0 Å². The molecular formula is C9H10BO2. The number of para-hydroxylation sites is 1. The molecule has 0 amide bonds. The van der Waals surface area contributed by atoms with Crippen LogP contribution < -0.4 is 4.65 Å². The Labute approximate surface area is 72.5 Å². The summed E-state index contributed by atoms with van der Waals surface area (Å²) in [6.45, 7) is 0. The third kappa shape index (κ3) is 1.46. The van der Waals surface area contributed by atoms with Crippen molar-refractivity contribution in [3.63, 3.8) is 0 Å². The molecule has 1 saturated carbocycles. The van der Waals surface area contributed by atoms with Crippen molar-refractivity contribution < 1.29 is 9.68 Å². The quantitative estimate of drug-likeness (QED) is 0.680. The molecule has 0 atom stereocenters. The van der Waals surface area contributed by atoms with Crippen LogP contribution in [-0.2, 0) is 0 Å². The lowest BCUT2D eigenvalue weighted by atomic mass is 10.1. The highest BCUT2D eigenvalue weighted by Crippen LogP contribution is 2.43. The first-order valence-electron chi connectivity index (χ1n) is 4.13. The molecule has 0 aliphatic heterocycles. The van der Waals surface area contributed by atoms with Gasteiger partial charge in [-0.1, -0.05) is 18.2 Å². The summed E-state index contributed by atoms with van der Waals surface area (Å²) in [5.74, 6) is 1.43. The summed E-state index contributed by atoms with van der Waals surface area (Å²) in [7, 11) is 0.737. The molecule has 0 unspecified atom stereocenters. The fourth-order valence-corrected chi connectivity index (χ4v) is 1.38. The second-order valence-electron chi connectivity index (χ2n) is 3.04. The van der Waals surface area contributed by atoms with Crippen LogP contribution in [0.15, 0.2) is 24.3 Å². The number of rotatable bonds is 3. The van der Waals surface area contributed by atoms with Crippen LogP contribution in [0.2, 0.25) is 0 Å². The van der Waals surface area contributed by atoms with Crippen molar-refractivity contribution in [2.75, 3.05) is 0 Å². The number of hydrogen-bond acceptors (Lipinski definition) is 2. The summed E-state index contributed by atoms with van der Waals surface area (Å²) >= 11 is 0. The minimum Gasteiger partial charge on any atom is -0.537 e. The van der Waals surface area contributed by atoms with E-state index < -0.39 is 0 Å². The zero-order valence-corrected chi connectivity index (χ0v) is 6.73. The normalized spacial score (nSPS) is 15.8. The fraction of sp³-hybridized carbons (Fsp3) is 0.333. The smallest absolute Gasteiger partial charge is 0.537 e. The van der Waals surface area contributed by atoms with Crippen LogP contribution in [0.3, 0.4) is 0 Å². The van der Waals surface area contributed by atoms with Gasteiger partial charge in [0.15, 0.2) is 0 Å². The second kappa shape index (κ2) is 3.19. The zero-order valence-electron chi connectivity index (χ0n) is 6.73. The average Bonchev–Trinajstić information content (AvgIpc) is 2.89. The molecule has 1 radical (unpaired) electrons. The van der Waals surface area contributed by atoms with Crippen molar-refractivity contribution in [1.29, 1.82) is 0 Å². The minimum absolute atomic E-state index is 0.654. The lowest BCUT2D eigenvalue weighted by Crippen LogP contribution is -2.01. The van der Waals surface area contributed by atoms with Crippen molar-refractivity contribution in [3.05, 3.63) is 29.8 Å². The number of hydrogen-bond donors (Lipinski definition) is 1. The van der Waals surface area contributed by atoms with Gasteiger partial charge in [0.05, 0.1) is 0 Å². The van der Waals surface area contributed by atoms with Crippen LogP contribution >= 0.6 is 0 Å². The molecule has 61 valence electrons. The van der Waals surface area contributed by atoms with Crippen molar-refractivity contribution in [2.24, 2.45) is 0 Å². The third-order valence-electron chi connectivity index (χ3n) is 2.12. The van der Waals surface area contributed by atoms with Gasteiger partial charge in [-0.15, -0.1) is 0 Å². The maximum absolute atomic E-state index is 8.50. The molecule has 1 aromatic rings. The standard InChI is InChI=1S/C9H10BO2/c11-10-12-9-4-2-1-3-8(9)7-5-6-7/h1-4,7,11H,5-6H2. The molecule has 3 heteroatoms. The van der Waals surface area contributed by atoms with Gasteiger partial charge >= 0.3 is 7.69 Å². The Kier molecular flexibility index (Phi) is 2.04. The molecule has 0 heterocycles. The maximum atomic E-state index is 8.50. The summed E-state index contributed by atoms with van der Waals surface area (Å²) in [6.07, 6.45) is 2.48. The minimum atomic E-state index is 0.654. The first-order chi connectivity index (χ1) is 5.92. The molecule has 1 aromatic carbocycles. The van der Waals surface area contributed by atoms with Gasteiger partial charge in [-0.2, -0.15) is 0 Å². The van der Waals surface area contributed by atoms with E-state index in [1.54, 1.807) is 0 Å². The molecule has 1 N–H and O–H groups in total. The van der Waals surface area contributed by atoms with Gasteiger partial charge < -0.3 is 9.68 Å². The molecule has 0 aromatic heterocycles. The Hall–Kier alpha value is -0.955. The molecule has 1 aliphatic rings. The molecule has 0 bridgehead atoms. The Morgan fingerprint density at radius 3 is 2.75 bits per heavy atom. The van der Waals surface area contributed by atoms with E-state index in [2.05, 4.69) is 6.07 Å². The predicted molar refractivity (Wildman–Crippen MR) is 47.0 cm³/mol. The Morgan fingerprint density at radius 2 is 2.08 bits per heavy atom. The van der Waals surface area contributed by atoms with E-state index >= 15 is 0 Å². The van der Waals surface area contributed by atoms with Crippen molar-refractivity contribution in [3.8, 4) is 5.75 Å². The van der Waals surface area contributed by atoms with Gasteiger partial charge in [-0.3, -0.25) is 0 Å². The van der Waals surface area contributed by atoms with Crippen LogP contribution in [0, 0.1) is 0 Å². The highest BCUT2D eigenvalue weighted by Gasteiger charge is 2.26. The SMILES string of the molecule is O[B]Oc1ccccc1C1CC1. The van der Waals surface area contributed by atoms with Crippen LogP contribution in [0.1, 0.15) is 24.3 Å². The van der Waals surface area contributed by atoms with E-state index in [9.17, 15) is 0 Å². The molecule has 0 saturated heterocycles. The number of benzene rings is 1. The lowest BCUT2D eigenvalue weighted by Gasteiger charge is -2.06. The fourth-order valence-electron chi connectivity index (χ4n) is 1.38. The van der Waals surface area contributed by atoms with Crippen LogP contribution in [0.5, 0.6) is 5.75 Å². The predicted octanol–water partition coefficient (Wildman–Crippen LogP) is 1.47. The summed E-state index contributed by atoms with van der Waals surface area (Å²) in [6, 6.07) is 7.83. The zero-order chi connectivity index (χ0) is 8.39. The third-order valence-corrected chi connectivity index (χ3v) is 2.12. The molecule has 2 rings (SSSR count). The van der Waals surface area contributed by atoms with Gasteiger partial charge in [0.2, 0.25) is 0 Å². The molecular weight excluding hydrogens is 151 g/mol. The van der Waals surface area contributed by atoms with Gasteiger partial charge in [-0.05, 0) is 30.4 Å². The van der Waals surface area contributed by atoms with Crippen LogP contribution in [-0.4, -0.2) is 12.7 Å². The highest BCUT2D eigenvalue weighted by atomic mass is 16.5. The van der Waals surface area contributed by atoms with Gasteiger partial charge in [0.1, 0.15) is 5.75 Å². The summed E-state index contributed by atoms with van der Waals surface area (Å²) in [5.41, 5.74) is 1.21. The molecule has 1 fully saturated rings. The van der Waals surface area contributed by atoms with E-state index in [1.165, 1.54) is 18.4 Å². The van der Waals surface area contributed by atoms with E-state index in [1.807, 2.05) is 18.2 Å². The van der Waals surface area contributed by atoms with Gasteiger partial charge in [-0.25, -0.2) is 0 Å². The van der Waals surface area contributed by atoms with Gasteiger partial charge in [0, 0.05) is 0 Å². The summed E-state index contributed by atoms with van der Waals surface area (Å²) in [5, 5.41) is 8.50. The van der Waals surface area contributed by atoms with Crippen LogP contribution in [0.25, 0.3) is 0 Å². The van der Waals surface area contributed by atoms with E-state index in [4.69, 9.17) is 9.68 Å². The average molecular weight is 161 g/mol. The van der Waals surface area contributed by atoms with E-state index in [-0.39, 0.29) is 0 Å². The summed E-state index contributed by atoms with van der Waals surface area (Å²) < 4.78 is 4.97. The maximum Gasteiger partial charge on any atom is 0.569 e. The Balaban J connectivity index is 2.24. The lowest BCUT2D eigenvalue weighted by molar-refractivity contribution is 0.450. The van der Waals surface area contributed by atoms with Crippen LogP contribution in [0.4, 0.5) is 0 Å². The second-order valence-corrected chi connectivity index (χ2v) is 3.04. The van der Waals surface area contributed by atoms with Crippen molar-refractivity contribution in [2.45, 2.75) is 18.8 Å². The highest BCUT2D eigenvalue weighted by molar-refractivity contribution is 6.17. The monoisotopic (exact) mass is 161 g/mol. The largest absolute Gasteiger partial charge is 0.569 e.